The lowest BCUT2D eigenvalue weighted by atomic mass is 9.92. The number of hydrazine groups is 1. The normalized spacial score (nSPS) is 11.2. The fourth-order valence-electron chi connectivity index (χ4n) is 3.16. The van der Waals surface area contributed by atoms with Crippen molar-refractivity contribution in [1.82, 2.24) is 10.4 Å². The second kappa shape index (κ2) is 5.80. The monoisotopic (exact) mass is 299 g/mol. The van der Waals surface area contributed by atoms with E-state index in [1.807, 2.05) is 6.20 Å². The molecule has 0 aliphatic heterocycles. The van der Waals surface area contributed by atoms with Crippen LogP contribution >= 0.6 is 0 Å². The van der Waals surface area contributed by atoms with Crippen LogP contribution in [0.1, 0.15) is 5.69 Å². The van der Waals surface area contributed by atoms with E-state index >= 15 is 0 Å². The van der Waals surface area contributed by atoms with Gasteiger partial charge in [0.2, 0.25) is 0 Å². The Morgan fingerprint density at radius 3 is 2.13 bits per heavy atom. The molecule has 0 spiro atoms. The van der Waals surface area contributed by atoms with Gasteiger partial charge in [-0.25, -0.2) is 0 Å². The average Bonchev–Trinajstić information content (AvgIpc) is 2.60. The van der Waals surface area contributed by atoms with Crippen molar-refractivity contribution in [1.29, 1.82) is 0 Å². The topological polar surface area (TPSA) is 50.9 Å². The summed E-state index contributed by atoms with van der Waals surface area (Å²) in [5.41, 5.74) is 6.02. The number of hydrogen-bond donors (Lipinski definition) is 2. The number of nitrogens with two attached hydrogens (primary N) is 1. The molecule has 3 heteroatoms. The molecule has 0 amide bonds. The average molecular weight is 299 g/mol. The summed E-state index contributed by atoms with van der Waals surface area (Å²) in [6, 6.07) is 23.4. The Morgan fingerprint density at radius 1 is 0.826 bits per heavy atom. The van der Waals surface area contributed by atoms with E-state index in [4.69, 9.17) is 5.84 Å². The molecule has 1 aromatic heterocycles. The Balaban J connectivity index is 2.08. The van der Waals surface area contributed by atoms with Crippen LogP contribution in [-0.4, -0.2) is 4.98 Å². The van der Waals surface area contributed by atoms with E-state index in [-0.39, 0.29) is 0 Å². The number of hydrogen-bond acceptors (Lipinski definition) is 3. The Bertz CT molecular complexity index is 938. The Kier molecular flexibility index (Phi) is 3.50. The van der Waals surface area contributed by atoms with Crippen molar-refractivity contribution >= 4 is 21.5 Å². The molecule has 4 aromatic rings. The Labute approximate surface area is 134 Å². The molecule has 3 aromatic carbocycles. The van der Waals surface area contributed by atoms with Gasteiger partial charge in [0.1, 0.15) is 0 Å². The third kappa shape index (κ3) is 2.46. The fourth-order valence-corrected chi connectivity index (χ4v) is 3.16. The maximum absolute atomic E-state index is 5.44. The van der Waals surface area contributed by atoms with Gasteiger partial charge >= 0.3 is 0 Å². The van der Waals surface area contributed by atoms with Crippen molar-refractivity contribution in [3.8, 4) is 11.1 Å². The van der Waals surface area contributed by atoms with Crippen molar-refractivity contribution in [2.45, 2.75) is 6.54 Å². The summed E-state index contributed by atoms with van der Waals surface area (Å²) in [5, 5.41) is 5.00. The molecule has 0 aliphatic rings. The molecule has 0 saturated carbocycles. The first-order valence-corrected chi connectivity index (χ1v) is 7.66. The molecular weight excluding hydrogens is 282 g/mol. The van der Waals surface area contributed by atoms with Gasteiger partial charge in [0, 0.05) is 6.20 Å². The maximum Gasteiger partial charge on any atom is 0.0561 e. The Hall–Kier alpha value is -2.75. The molecule has 0 atom stereocenters. The van der Waals surface area contributed by atoms with Crippen molar-refractivity contribution in [3.05, 3.63) is 78.6 Å². The highest BCUT2D eigenvalue weighted by Gasteiger charge is 2.10. The molecule has 0 unspecified atom stereocenters. The zero-order chi connectivity index (χ0) is 15.6. The molecule has 1 heterocycles. The summed E-state index contributed by atoms with van der Waals surface area (Å²) in [4.78, 5) is 4.37. The quantitative estimate of drug-likeness (QED) is 0.341. The van der Waals surface area contributed by atoms with Crippen LogP contribution in [0.3, 0.4) is 0 Å². The number of aromatic nitrogens is 1. The second-order valence-electron chi connectivity index (χ2n) is 5.61. The van der Waals surface area contributed by atoms with Crippen LogP contribution in [0.15, 0.2) is 72.9 Å². The molecule has 0 aliphatic carbocycles. The lowest BCUT2D eigenvalue weighted by Gasteiger charge is -2.12. The number of rotatable bonds is 3. The SMILES string of the molecule is NNCc1cc(-c2c3ccccc3cc3ccccc23)ccn1. The van der Waals surface area contributed by atoms with E-state index in [2.05, 4.69) is 77.1 Å². The van der Waals surface area contributed by atoms with Crippen LogP contribution in [0, 0.1) is 0 Å². The predicted molar refractivity (Wildman–Crippen MR) is 95.7 cm³/mol. The molecule has 3 nitrogen and oxygen atoms in total. The van der Waals surface area contributed by atoms with Crippen molar-refractivity contribution in [2.75, 3.05) is 0 Å². The van der Waals surface area contributed by atoms with Gasteiger partial charge in [-0.2, -0.15) is 0 Å². The number of fused-ring (bicyclic) bond motifs is 2. The highest BCUT2D eigenvalue weighted by Crippen LogP contribution is 2.36. The highest BCUT2D eigenvalue weighted by atomic mass is 15.2. The summed E-state index contributed by atoms with van der Waals surface area (Å²) >= 11 is 0. The van der Waals surface area contributed by atoms with Crippen molar-refractivity contribution in [3.63, 3.8) is 0 Å². The predicted octanol–water partition coefficient (Wildman–Crippen LogP) is 4.02. The van der Waals surface area contributed by atoms with E-state index in [9.17, 15) is 0 Å². The van der Waals surface area contributed by atoms with Gasteiger partial charge in [0.05, 0.1) is 12.2 Å². The van der Waals surface area contributed by atoms with Gasteiger partial charge in [-0.3, -0.25) is 16.3 Å². The number of nitrogens with zero attached hydrogens (tertiary/aromatic N) is 1. The van der Waals surface area contributed by atoms with E-state index < -0.39 is 0 Å². The summed E-state index contributed by atoms with van der Waals surface area (Å²) < 4.78 is 0. The molecule has 0 radical (unpaired) electrons. The molecule has 4 rings (SSSR count). The van der Waals surface area contributed by atoms with Crippen LogP contribution in [0.2, 0.25) is 0 Å². The molecule has 23 heavy (non-hydrogen) atoms. The van der Waals surface area contributed by atoms with E-state index in [0.717, 1.165) is 5.69 Å². The van der Waals surface area contributed by atoms with Gasteiger partial charge in [-0.05, 0) is 50.9 Å². The molecule has 3 N–H and O–H groups in total. The zero-order valence-corrected chi connectivity index (χ0v) is 12.7. The van der Waals surface area contributed by atoms with Crippen molar-refractivity contribution in [2.24, 2.45) is 5.84 Å². The smallest absolute Gasteiger partial charge is 0.0561 e. The molecule has 112 valence electrons. The standard InChI is InChI=1S/C20H17N3/c21-23-13-17-12-16(9-10-22-17)20-18-7-3-1-5-14(18)11-15-6-2-4-8-19(15)20/h1-12,23H,13,21H2. The highest BCUT2D eigenvalue weighted by molar-refractivity contribution is 6.12. The summed E-state index contributed by atoms with van der Waals surface area (Å²) in [7, 11) is 0. The van der Waals surface area contributed by atoms with Crippen LogP contribution in [0.4, 0.5) is 0 Å². The largest absolute Gasteiger partial charge is 0.271 e. The van der Waals surface area contributed by atoms with E-state index in [1.165, 1.54) is 32.7 Å². The van der Waals surface area contributed by atoms with Crippen LogP contribution < -0.4 is 11.3 Å². The lowest BCUT2D eigenvalue weighted by Crippen LogP contribution is -2.21. The number of benzene rings is 3. The molecule has 0 fully saturated rings. The summed E-state index contributed by atoms with van der Waals surface area (Å²) in [6.07, 6.45) is 1.85. The minimum Gasteiger partial charge on any atom is -0.271 e. The van der Waals surface area contributed by atoms with E-state index in [1.54, 1.807) is 0 Å². The molecule has 0 bridgehead atoms. The van der Waals surface area contributed by atoms with Crippen molar-refractivity contribution < 1.29 is 0 Å². The van der Waals surface area contributed by atoms with Gasteiger partial charge in [0.25, 0.3) is 0 Å². The number of pyridine rings is 1. The van der Waals surface area contributed by atoms with Gasteiger partial charge < -0.3 is 0 Å². The van der Waals surface area contributed by atoms with Crippen LogP contribution in [-0.2, 0) is 6.54 Å². The zero-order valence-electron chi connectivity index (χ0n) is 12.7. The number of nitrogens with one attached hydrogen (secondary N) is 1. The van der Waals surface area contributed by atoms with E-state index in [0.29, 0.717) is 6.54 Å². The van der Waals surface area contributed by atoms with Gasteiger partial charge in [-0.1, -0.05) is 48.5 Å². The van der Waals surface area contributed by atoms with Crippen LogP contribution in [0.5, 0.6) is 0 Å². The molecule has 0 saturated heterocycles. The second-order valence-corrected chi connectivity index (χ2v) is 5.61. The minimum absolute atomic E-state index is 0.552. The third-order valence-electron chi connectivity index (χ3n) is 4.16. The fraction of sp³-hybridized carbons (Fsp3) is 0.0500. The third-order valence-corrected chi connectivity index (χ3v) is 4.16. The first kappa shape index (κ1) is 13.9. The summed E-state index contributed by atoms with van der Waals surface area (Å²) in [5.74, 6) is 5.44. The lowest BCUT2D eigenvalue weighted by molar-refractivity contribution is 0.723. The minimum atomic E-state index is 0.552. The molecular formula is C20H17N3. The first-order valence-electron chi connectivity index (χ1n) is 7.66. The van der Waals surface area contributed by atoms with Gasteiger partial charge in [-0.15, -0.1) is 0 Å². The Morgan fingerprint density at radius 2 is 1.48 bits per heavy atom. The maximum atomic E-state index is 5.44. The summed E-state index contributed by atoms with van der Waals surface area (Å²) in [6.45, 7) is 0.552. The first-order chi connectivity index (χ1) is 11.4. The van der Waals surface area contributed by atoms with Crippen LogP contribution in [0.25, 0.3) is 32.7 Å². The van der Waals surface area contributed by atoms with Gasteiger partial charge in [0.15, 0.2) is 0 Å².